The van der Waals surface area contributed by atoms with Crippen LogP contribution >= 0.6 is 0 Å². The van der Waals surface area contributed by atoms with Crippen molar-refractivity contribution in [2.24, 2.45) is 5.92 Å². The lowest BCUT2D eigenvalue weighted by atomic mass is 9.82. The van der Waals surface area contributed by atoms with E-state index in [9.17, 15) is 9.59 Å². The van der Waals surface area contributed by atoms with E-state index in [1.807, 2.05) is 28.0 Å². The van der Waals surface area contributed by atoms with Crippen LogP contribution in [0.1, 0.15) is 28.8 Å². The van der Waals surface area contributed by atoms with E-state index < -0.39 is 0 Å². The fourth-order valence-electron chi connectivity index (χ4n) is 3.71. The van der Waals surface area contributed by atoms with E-state index in [1.165, 1.54) is 5.56 Å². The Bertz CT molecular complexity index is 784. The maximum absolute atomic E-state index is 12.9. The molecule has 0 bridgehead atoms. The second-order valence-electron chi connectivity index (χ2n) is 6.50. The molecule has 5 nitrogen and oxygen atoms in total. The molecule has 1 fully saturated rings. The van der Waals surface area contributed by atoms with Gasteiger partial charge < -0.3 is 9.80 Å². The molecule has 1 atom stereocenters. The van der Waals surface area contributed by atoms with Crippen LogP contribution in [0.4, 0.5) is 5.69 Å². The van der Waals surface area contributed by atoms with Gasteiger partial charge in [-0.1, -0.05) is 18.2 Å². The maximum Gasteiger partial charge on any atom is 0.258 e. The number of hydrogen-bond acceptors (Lipinski definition) is 3. The third kappa shape index (κ3) is 2.37. The molecule has 1 aromatic carbocycles. The second kappa shape index (κ2) is 5.74. The van der Waals surface area contributed by atoms with Crippen molar-refractivity contribution in [2.45, 2.75) is 12.8 Å². The van der Waals surface area contributed by atoms with E-state index in [2.05, 4.69) is 11.1 Å². The molecule has 4 rings (SSSR count). The summed E-state index contributed by atoms with van der Waals surface area (Å²) in [6.45, 7) is 3.85. The van der Waals surface area contributed by atoms with Crippen LogP contribution in [0, 0.1) is 5.92 Å². The number of aromatic nitrogens is 1. The Balaban J connectivity index is 1.60. The molecule has 1 saturated heterocycles. The minimum atomic E-state index is 0.00935. The predicted molar refractivity (Wildman–Crippen MR) is 90.8 cm³/mol. The van der Waals surface area contributed by atoms with Gasteiger partial charge in [0.25, 0.3) is 5.91 Å². The van der Waals surface area contributed by atoms with Gasteiger partial charge >= 0.3 is 0 Å². The van der Waals surface area contributed by atoms with Crippen LogP contribution < -0.4 is 4.90 Å². The first-order valence-electron chi connectivity index (χ1n) is 8.21. The Hall–Kier alpha value is -2.69. The normalized spacial score (nSPS) is 19.8. The molecule has 2 amide bonds. The number of nitrogens with zero attached hydrogens (tertiary/aromatic N) is 3. The van der Waals surface area contributed by atoms with Gasteiger partial charge in [0.1, 0.15) is 0 Å². The Morgan fingerprint density at radius 3 is 2.46 bits per heavy atom. The highest BCUT2D eigenvalue weighted by atomic mass is 16.2. The molecule has 0 saturated carbocycles. The summed E-state index contributed by atoms with van der Waals surface area (Å²) in [4.78, 5) is 32.0. The monoisotopic (exact) mass is 321 g/mol. The minimum Gasteiger partial charge on any atom is -0.342 e. The van der Waals surface area contributed by atoms with Gasteiger partial charge in [-0.2, -0.15) is 0 Å². The van der Waals surface area contributed by atoms with Crippen LogP contribution in [0.3, 0.4) is 0 Å². The minimum absolute atomic E-state index is 0.00935. The molecule has 3 heterocycles. The maximum atomic E-state index is 12.9. The summed E-state index contributed by atoms with van der Waals surface area (Å²) in [5.74, 6) is 0.852. The number of rotatable bonds is 2. The number of hydrogen-bond donors (Lipinski definition) is 0. The van der Waals surface area contributed by atoms with Crippen molar-refractivity contribution in [3.05, 3.63) is 59.9 Å². The van der Waals surface area contributed by atoms with Gasteiger partial charge in [0, 0.05) is 62.0 Å². The van der Waals surface area contributed by atoms with Gasteiger partial charge in [0.15, 0.2) is 0 Å². The van der Waals surface area contributed by atoms with Crippen molar-refractivity contribution in [1.29, 1.82) is 0 Å². The fourth-order valence-corrected chi connectivity index (χ4v) is 3.71. The largest absolute Gasteiger partial charge is 0.342 e. The number of pyridine rings is 1. The highest BCUT2D eigenvalue weighted by Crippen LogP contribution is 2.43. The fraction of sp³-hybridized carbons (Fsp3) is 0.316. The Morgan fingerprint density at radius 1 is 1.04 bits per heavy atom. The van der Waals surface area contributed by atoms with Crippen molar-refractivity contribution in [3.63, 3.8) is 0 Å². The molecule has 0 radical (unpaired) electrons. The number of carbonyl (C=O) groups excluding carboxylic acids is 2. The van der Waals surface area contributed by atoms with E-state index in [1.54, 1.807) is 31.5 Å². The molecular weight excluding hydrogens is 302 g/mol. The molecule has 2 aliphatic heterocycles. The quantitative estimate of drug-likeness (QED) is 0.853. The number of anilines is 1. The Labute approximate surface area is 140 Å². The van der Waals surface area contributed by atoms with Crippen LogP contribution in [0.25, 0.3) is 0 Å². The first-order valence-corrected chi connectivity index (χ1v) is 8.21. The lowest BCUT2D eigenvalue weighted by Crippen LogP contribution is -2.52. The SMILES string of the molecule is CC(=O)N1CC([C@H]2CN(C(=O)c3ccncc3)c3ccccc32)C1. The van der Waals surface area contributed by atoms with Crippen LogP contribution in [-0.2, 0) is 4.79 Å². The summed E-state index contributed by atoms with van der Waals surface area (Å²) in [5, 5.41) is 0. The van der Waals surface area contributed by atoms with Gasteiger partial charge in [0.05, 0.1) is 0 Å². The topological polar surface area (TPSA) is 53.5 Å². The van der Waals surface area contributed by atoms with Crippen molar-refractivity contribution in [2.75, 3.05) is 24.5 Å². The van der Waals surface area contributed by atoms with Crippen LogP contribution in [0.15, 0.2) is 48.8 Å². The van der Waals surface area contributed by atoms with E-state index in [-0.39, 0.29) is 11.8 Å². The Kier molecular flexibility index (Phi) is 3.56. The molecule has 0 N–H and O–H groups in total. The zero-order valence-electron chi connectivity index (χ0n) is 13.6. The molecule has 5 heteroatoms. The standard InChI is InChI=1S/C19H19N3O2/c1-13(23)21-10-15(11-21)17-12-22(18-5-3-2-4-16(17)18)19(24)14-6-8-20-9-7-14/h2-9,15,17H,10-12H2,1H3/t17-/m1/s1. The molecular formula is C19H19N3O2. The number of likely N-dealkylation sites (tertiary alicyclic amines) is 1. The molecule has 0 spiro atoms. The van der Waals surface area contributed by atoms with Crippen molar-refractivity contribution < 1.29 is 9.59 Å². The average Bonchev–Trinajstić information content (AvgIpc) is 2.93. The van der Waals surface area contributed by atoms with Crippen molar-refractivity contribution in [3.8, 4) is 0 Å². The van der Waals surface area contributed by atoms with Gasteiger partial charge in [-0.3, -0.25) is 14.6 Å². The van der Waals surface area contributed by atoms with E-state index in [4.69, 9.17) is 0 Å². The van der Waals surface area contributed by atoms with Gasteiger partial charge in [-0.25, -0.2) is 0 Å². The van der Waals surface area contributed by atoms with Gasteiger partial charge in [0.2, 0.25) is 5.91 Å². The highest BCUT2D eigenvalue weighted by molar-refractivity contribution is 6.07. The number of para-hydroxylation sites is 1. The summed E-state index contributed by atoms with van der Waals surface area (Å²) in [6, 6.07) is 11.6. The summed E-state index contributed by atoms with van der Waals surface area (Å²) >= 11 is 0. The summed E-state index contributed by atoms with van der Waals surface area (Å²) in [7, 11) is 0. The zero-order valence-corrected chi connectivity index (χ0v) is 13.6. The first-order chi connectivity index (χ1) is 11.6. The molecule has 0 unspecified atom stereocenters. The van der Waals surface area contributed by atoms with Gasteiger partial charge in [-0.05, 0) is 23.8 Å². The smallest absolute Gasteiger partial charge is 0.258 e. The average molecular weight is 321 g/mol. The number of carbonyl (C=O) groups is 2. The second-order valence-corrected chi connectivity index (χ2v) is 6.50. The zero-order chi connectivity index (χ0) is 16.7. The van der Waals surface area contributed by atoms with E-state index >= 15 is 0 Å². The number of fused-ring (bicyclic) bond motifs is 1. The Morgan fingerprint density at radius 2 is 1.75 bits per heavy atom. The first kappa shape index (κ1) is 14.9. The number of benzene rings is 1. The lowest BCUT2D eigenvalue weighted by Gasteiger charge is -2.42. The lowest BCUT2D eigenvalue weighted by molar-refractivity contribution is -0.135. The highest BCUT2D eigenvalue weighted by Gasteiger charge is 2.42. The molecule has 0 aliphatic carbocycles. The summed E-state index contributed by atoms with van der Waals surface area (Å²) in [6.07, 6.45) is 3.28. The van der Waals surface area contributed by atoms with E-state index in [0.29, 0.717) is 23.9 Å². The van der Waals surface area contributed by atoms with Crippen molar-refractivity contribution in [1.82, 2.24) is 9.88 Å². The molecule has 2 aromatic rings. The van der Waals surface area contributed by atoms with Crippen molar-refractivity contribution >= 4 is 17.5 Å². The third-order valence-electron chi connectivity index (χ3n) is 5.10. The predicted octanol–water partition coefficient (Wildman–Crippen LogP) is 2.30. The van der Waals surface area contributed by atoms with Crippen LogP contribution in [0.2, 0.25) is 0 Å². The number of amides is 2. The van der Waals surface area contributed by atoms with Gasteiger partial charge in [-0.15, -0.1) is 0 Å². The van der Waals surface area contributed by atoms with E-state index in [0.717, 1.165) is 18.8 Å². The molecule has 122 valence electrons. The van der Waals surface area contributed by atoms with Crippen LogP contribution in [-0.4, -0.2) is 41.3 Å². The summed E-state index contributed by atoms with van der Waals surface area (Å²) < 4.78 is 0. The molecule has 2 aliphatic rings. The summed E-state index contributed by atoms with van der Waals surface area (Å²) in [5.41, 5.74) is 2.86. The molecule has 24 heavy (non-hydrogen) atoms. The van der Waals surface area contributed by atoms with Crippen LogP contribution in [0.5, 0.6) is 0 Å². The molecule has 1 aromatic heterocycles. The third-order valence-corrected chi connectivity index (χ3v) is 5.10.